The van der Waals surface area contributed by atoms with Crippen LogP contribution in [0, 0.1) is 0 Å². The van der Waals surface area contributed by atoms with Crippen LogP contribution < -0.4 is 0 Å². The molecule has 2 aromatic rings. The van der Waals surface area contributed by atoms with E-state index < -0.39 is 0 Å². The normalized spacial score (nSPS) is 12.4. The van der Waals surface area contributed by atoms with Crippen LogP contribution in [0.2, 0.25) is 10.0 Å². The number of benzene rings is 2. The summed E-state index contributed by atoms with van der Waals surface area (Å²) in [4.78, 5) is 0. The van der Waals surface area contributed by atoms with Gasteiger partial charge >= 0.3 is 0 Å². The number of halogens is 4. The lowest BCUT2D eigenvalue weighted by Gasteiger charge is -2.12. The van der Waals surface area contributed by atoms with Gasteiger partial charge in [0.2, 0.25) is 0 Å². The summed E-state index contributed by atoms with van der Waals surface area (Å²) in [5, 5.41) is 1.26. The summed E-state index contributed by atoms with van der Waals surface area (Å²) in [6.07, 6.45) is 0.675. The summed E-state index contributed by atoms with van der Waals surface area (Å²) in [5.41, 5.74) is 2.02. The largest absolute Gasteiger partial charge is 0.117 e. The van der Waals surface area contributed by atoms with E-state index in [2.05, 4.69) is 15.9 Å². The predicted octanol–water partition coefficient (Wildman–Crippen LogP) is 6.28. The van der Waals surface area contributed by atoms with Crippen molar-refractivity contribution in [2.45, 2.75) is 11.8 Å². The van der Waals surface area contributed by atoms with Crippen molar-refractivity contribution in [2.75, 3.05) is 0 Å². The molecule has 94 valence electrons. The van der Waals surface area contributed by atoms with Crippen molar-refractivity contribution in [1.29, 1.82) is 0 Å². The molecule has 2 aromatic carbocycles. The SMILES string of the molecule is Clc1cc(Br)cc(C(Cl)Cc2ccccc2Cl)c1. The van der Waals surface area contributed by atoms with Crippen molar-refractivity contribution in [1.82, 2.24) is 0 Å². The second-order valence-electron chi connectivity index (χ2n) is 3.97. The molecule has 2 rings (SSSR count). The third kappa shape index (κ3) is 3.64. The van der Waals surface area contributed by atoms with Gasteiger partial charge in [-0.1, -0.05) is 57.3 Å². The Morgan fingerprint density at radius 2 is 1.78 bits per heavy atom. The smallest absolute Gasteiger partial charge is 0.0627 e. The molecule has 4 heteroatoms. The molecule has 0 saturated heterocycles. The van der Waals surface area contributed by atoms with Gasteiger partial charge in [0.1, 0.15) is 0 Å². The summed E-state index contributed by atoms with van der Waals surface area (Å²) < 4.78 is 0.926. The summed E-state index contributed by atoms with van der Waals surface area (Å²) >= 11 is 22.0. The highest BCUT2D eigenvalue weighted by molar-refractivity contribution is 9.10. The van der Waals surface area contributed by atoms with Crippen LogP contribution in [0.3, 0.4) is 0 Å². The zero-order chi connectivity index (χ0) is 13.1. The van der Waals surface area contributed by atoms with Crippen molar-refractivity contribution in [2.24, 2.45) is 0 Å². The Morgan fingerprint density at radius 3 is 2.44 bits per heavy atom. The van der Waals surface area contributed by atoms with Crippen LogP contribution >= 0.6 is 50.7 Å². The van der Waals surface area contributed by atoms with Gasteiger partial charge in [-0.25, -0.2) is 0 Å². The standard InChI is InChI=1S/C14H10BrCl3/c15-11-5-10(6-12(16)8-11)14(18)7-9-3-1-2-4-13(9)17/h1-6,8,14H,7H2. The van der Waals surface area contributed by atoms with E-state index in [-0.39, 0.29) is 5.38 Å². The second-order valence-corrected chi connectivity index (χ2v) is 6.25. The first-order valence-corrected chi connectivity index (χ1v) is 7.38. The lowest BCUT2D eigenvalue weighted by Crippen LogP contribution is -1.97. The summed E-state index contributed by atoms with van der Waals surface area (Å²) in [5.74, 6) is 0. The van der Waals surface area contributed by atoms with Crippen LogP contribution in [0.15, 0.2) is 46.9 Å². The van der Waals surface area contributed by atoms with E-state index in [1.165, 1.54) is 0 Å². The van der Waals surface area contributed by atoms with Gasteiger partial charge in [0.25, 0.3) is 0 Å². The highest BCUT2D eigenvalue weighted by Gasteiger charge is 2.12. The van der Waals surface area contributed by atoms with Crippen LogP contribution in [0.25, 0.3) is 0 Å². The third-order valence-electron chi connectivity index (χ3n) is 2.60. The number of hydrogen-bond acceptors (Lipinski definition) is 0. The van der Waals surface area contributed by atoms with Crippen LogP contribution in [0.5, 0.6) is 0 Å². The molecule has 1 unspecified atom stereocenters. The molecule has 0 aliphatic rings. The van der Waals surface area contributed by atoms with E-state index in [1.54, 1.807) is 0 Å². The molecule has 0 amide bonds. The lowest BCUT2D eigenvalue weighted by atomic mass is 10.0. The molecule has 0 aliphatic carbocycles. The van der Waals surface area contributed by atoms with Crippen molar-refractivity contribution < 1.29 is 0 Å². The molecule has 0 aromatic heterocycles. The van der Waals surface area contributed by atoms with Crippen LogP contribution in [-0.4, -0.2) is 0 Å². The van der Waals surface area contributed by atoms with Crippen LogP contribution in [-0.2, 0) is 6.42 Å². The Bertz CT molecular complexity index is 534. The van der Waals surface area contributed by atoms with Crippen molar-refractivity contribution >= 4 is 50.7 Å². The highest BCUT2D eigenvalue weighted by Crippen LogP contribution is 2.31. The molecular weight excluding hydrogens is 354 g/mol. The zero-order valence-electron chi connectivity index (χ0n) is 9.34. The van der Waals surface area contributed by atoms with E-state index in [9.17, 15) is 0 Å². The fraction of sp³-hybridized carbons (Fsp3) is 0.143. The number of alkyl halides is 1. The Morgan fingerprint density at radius 1 is 1.06 bits per heavy atom. The maximum atomic E-state index is 6.42. The summed E-state index contributed by atoms with van der Waals surface area (Å²) in [6.45, 7) is 0. The number of hydrogen-bond donors (Lipinski definition) is 0. The van der Waals surface area contributed by atoms with Crippen LogP contribution in [0.1, 0.15) is 16.5 Å². The van der Waals surface area contributed by atoms with Crippen molar-refractivity contribution in [3.63, 3.8) is 0 Å². The summed E-state index contributed by atoms with van der Waals surface area (Å²) in [7, 11) is 0. The minimum Gasteiger partial charge on any atom is -0.117 e. The van der Waals surface area contributed by atoms with Gasteiger partial charge in [-0.2, -0.15) is 0 Å². The van der Waals surface area contributed by atoms with E-state index in [0.29, 0.717) is 11.4 Å². The molecular formula is C14H10BrCl3. The molecule has 0 aliphatic heterocycles. The zero-order valence-corrected chi connectivity index (χ0v) is 13.2. The molecule has 0 saturated carbocycles. The first kappa shape index (κ1) is 14.2. The average molecular weight is 364 g/mol. The van der Waals surface area contributed by atoms with Gasteiger partial charge in [0, 0.05) is 14.5 Å². The monoisotopic (exact) mass is 362 g/mol. The van der Waals surface area contributed by atoms with Gasteiger partial charge in [-0.3, -0.25) is 0 Å². The van der Waals surface area contributed by atoms with E-state index >= 15 is 0 Å². The molecule has 0 radical (unpaired) electrons. The molecule has 18 heavy (non-hydrogen) atoms. The van der Waals surface area contributed by atoms with Crippen molar-refractivity contribution in [3.05, 3.63) is 68.1 Å². The molecule has 0 N–H and O–H groups in total. The van der Waals surface area contributed by atoms with Gasteiger partial charge in [0.05, 0.1) is 5.38 Å². The first-order chi connectivity index (χ1) is 8.56. The molecule has 0 fully saturated rings. The van der Waals surface area contributed by atoms with E-state index in [0.717, 1.165) is 20.6 Å². The Balaban J connectivity index is 2.22. The second kappa shape index (κ2) is 6.29. The Hall–Kier alpha value is -0.210. The van der Waals surface area contributed by atoms with E-state index in [4.69, 9.17) is 34.8 Å². The fourth-order valence-electron chi connectivity index (χ4n) is 1.73. The molecule has 0 nitrogen and oxygen atoms in total. The first-order valence-electron chi connectivity index (χ1n) is 5.40. The van der Waals surface area contributed by atoms with Gasteiger partial charge in [-0.15, -0.1) is 11.6 Å². The van der Waals surface area contributed by atoms with Crippen LogP contribution in [0.4, 0.5) is 0 Å². The lowest BCUT2D eigenvalue weighted by molar-refractivity contribution is 0.919. The third-order valence-corrected chi connectivity index (χ3v) is 4.05. The Labute approximate surface area is 130 Å². The van der Waals surface area contributed by atoms with Gasteiger partial charge in [0.15, 0.2) is 0 Å². The van der Waals surface area contributed by atoms with Gasteiger partial charge < -0.3 is 0 Å². The topological polar surface area (TPSA) is 0 Å². The molecule has 1 atom stereocenters. The minimum absolute atomic E-state index is 0.153. The molecule has 0 heterocycles. The maximum Gasteiger partial charge on any atom is 0.0627 e. The minimum atomic E-state index is -0.153. The predicted molar refractivity (Wildman–Crippen MR) is 82.9 cm³/mol. The highest BCUT2D eigenvalue weighted by atomic mass is 79.9. The maximum absolute atomic E-state index is 6.42. The number of rotatable bonds is 3. The quantitative estimate of drug-likeness (QED) is 0.562. The molecule has 0 bridgehead atoms. The Kier molecular flexibility index (Phi) is 4.97. The van der Waals surface area contributed by atoms with Crippen molar-refractivity contribution in [3.8, 4) is 0 Å². The average Bonchev–Trinajstić information content (AvgIpc) is 2.31. The van der Waals surface area contributed by atoms with E-state index in [1.807, 2.05) is 42.5 Å². The summed E-state index contributed by atoms with van der Waals surface area (Å²) in [6, 6.07) is 13.4. The van der Waals surface area contributed by atoms with Gasteiger partial charge in [-0.05, 0) is 41.8 Å². The fourth-order valence-corrected chi connectivity index (χ4v) is 3.12. The molecule has 0 spiro atoms.